The number of fused-ring (bicyclic) bond motifs is 1. The number of aliphatic imine (C=N–C) groups is 1. The zero-order chi connectivity index (χ0) is 24.2. The molecule has 0 aliphatic carbocycles. The predicted octanol–water partition coefficient (Wildman–Crippen LogP) is 5.14. The van der Waals surface area contributed by atoms with Crippen molar-refractivity contribution in [3.8, 4) is 11.4 Å². The highest BCUT2D eigenvalue weighted by molar-refractivity contribution is 6.32. The minimum atomic E-state index is -0.368. The molecule has 0 aliphatic heterocycles. The number of pyridine rings is 1. The summed E-state index contributed by atoms with van der Waals surface area (Å²) < 4.78 is 8.68. The Hall–Kier alpha value is -3.81. The summed E-state index contributed by atoms with van der Waals surface area (Å²) in [6.07, 6.45) is 2.90. The molecule has 0 amide bonds. The summed E-state index contributed by atoms with van der Waals surface area (Å²) in [6, 6.07) is 15.1. The molecule has 0 aliphatic rings. The largest absolute Gasteiger partial charge is 0.487 e. The zero-order valence-corrected chi connectivity index (χ0v) is 19.5. The van der Waals surface area contributed by atoms with E-state index >= 15 is 0 Å². The Morgan fingerprint density at radius 2 is 1.82 bits per heavy atom. The van der Waals surface area contributed by atoms with Gasteiger partial charge in [0.2, 0.25) is 0 Å². The van der Waals surface area contributed by atoms with Crippen molar-refractivity contribution in [3.05, 3.63) is 116 Å². The van der Waals surface area contributed by atoms with Crippen molar-refractivity contribution in [2.75, 3.05) is 0 Å². The van der Waals surface area contributed by atoms with Crippen LogP contribution < -0.4 is 15.9 Å². The number of aromatic amines is 1. The summed E-state index contributed by atoms with van der Waals surface area (Å²) in [6.45, 7) is 7.37. The van der Waals surface area contributed by atoms with Crippen LogP contribution in [0.4, 0.5) is 0 Å². The van der Waals surface area contributed by atoms with E-state index in [9.17, 15) is 9.59 Å². The van der Waals surface area contributed by atoms with Crippen molar-refractivity contribution < 1.29 is 4.74 Å². The van der Waals surface area contributed by atoms with Crippen molar-refractivity contribution in [1.82, 2.24) is 14.3 Å². The lowest BCUT2D eigenvalue weighted by atomic mass is 10.2. The first-order valence-electron chi connectivity index (χ1n) is 10.2. The Labute approximate surface area is 204 Å². The van der Waals surface area contributed by atoms with Crippen LogP contribution in [0.2, 0.25) is 10.0 Å². The first kappa shape index (κ1) is 23.4. The highest BCUT2D eigenvalue weighted by atomic mass is 35.5. The van der Waals surface area contributed by atoms with Crippen LogP contribution in [0, 0.1) is 0 Å². The second-order valence-electron chi connectivity index (χ2n) is 7.26. The number of hydrogen-bond donors (Lipinski definition) is 1. The van der Waals surface area contributed by atoms with Crippen molar-refractivity contribution in [3.63, 3.8) is 0 Å². The molecule has 2 aromatic heterocycles. The van der Waals surface area contributed by atoms with Gasteiger partial charge in [0.25, 0.3) is 11.1 Å². The van der Waals surface area contributed by atoms with Gasteiger partial charge in [-0.2, -0.15) is 0 Å². The fourth-order valence-electron chi connectivity index (χ4n) is 3.55. The molecule has 34 heavy (non-hydrogen) atoms. The third kappa shape index (κ3) is 4.62. The van der Waals surface area contributed by atoms with Gasteiger partial charge in [-0.1, -0.05) is 48.5 Å². The summed E-state index contributed by atoms with van der Waals surface area (Å²) in [5.41, 5.74) is 1.01. The van der Waals surface area contributed by atoms with Crippen LogP contribution in [0.3, 0.4) is 0 Å². The lowest BCUT2D eigenvalue weighted by molar-refractivity contribution is 0.296. The van der Waals surface area contributed by atoms with Crippen LogP contribution in [0.1, 0.15) is 5.69 Å². The van der Waals surface area contributed by atoms with Crippen molar-refractivity contribution >= 4 is 39.8 Å². The molecule has 0 bridgehead atoms. The fraction of sp³-hybridized carbons (Fsp3) is 0.0800. The molecule has 0 saturated heterocycles. The van der Waals surface area contributed by atoms with Gasteiger partial charge >= 0.3 is 0 Å². The minimum Gasteiger partial charge on any atom is -0.487 e. The molecule has 172 valence electrons. The molecule has 9 heteroatoms. The summed E-state index contributed by atoms with van der Waals surface area (Å²) in [5, 5.41) is 4.25. The van der Waals surface area contributed by atoms with Gasteiger partial charge in [0.1, 0.15) is 12.4 Å². The van der Waals surface area contributed by atoms with Crippen LogP contribution in [-0.2, 0) is 13.2 Å². The predicted molar refractivity (Wildman–Crippen MR) is 137 cm³/mol. The standard InChI is InChI=1S/C25H20Cl2N4O3/c1-3-17(28-4-2)14-30-22(15-34-18-11-9-16(26)10-12-18)24-20(13-23(30)32)29-31(25(24)33)21-8-6-5-7-19(21)27/h3-13,29H,1-2,14-15H2. The minimum absolute atomic E-state index is 0.0532. The number of rotatable bonds is 8. The van der Waals surface area contributed by atoms with E-state index in [1.807, 2.05) is 0 Å². The molecule has 0 radical (unpaired) electrons. The molecule has 4 rings (SSSR count). The average Bonchev–Trinajstić information content (AvgIpc) is 3.15. The number of H-pyrrole nitrogens is 1. The number of ether oxygens (including phenoxy) is 1. The van der Waals surface area contributed by atoms with Gasteiger partial charge in [-0.05, 0) is 42.5 Å². The Morgan fingerprint density at radius 1 is 1.09 bits per heavy atom. The van der Waals surface area contributed by atoms with E-state index in [-0.39, 0.29) is 24.3 Å². The van der Waals surface area contributed by atoms with Gasteiger partial charge in [0.05, 0.1) is 39.6 Å². The number of aromatic nitrogens is 3. The van der Waals surface area contributed by atoms with E-state index in [0.717, 1.165) is 0 Å². The van der Waals surface area contributed by atoms with Gasteiger partial charge in [0, 0.05) is 17.3 Å². The third-order valence-electron chi connectivity index (χ3n) is 5.16. The molecule has 4 aromatic rings. The summed E-state index contributed by atoms with van der Waals surface area (Å²) in [4.78, 5) is 30.8. The van der Waals surface area contributed by atoms with Crippen molar-refractivity contribution in [2.24, 2.45) is 4.99 Å². The summed E-state index contributed by atoms with van der Waals surface area (Å²) in [7, 11) is 0. The first-order valence-corrected chi connectivity index (χ1v) is 11.0. The second kappa shape index (κ2) is 9.99. The zero-order valence-electron chi connectivity index (χ0n) is 18.0. The van der Waals surface area contributed by atoms with Gasteiger partial charge in [-0.3, -0.25) is 19.7 Å². The Balaban J connectivity index is 1.92. The van der Waals surface area contributed by atoms with Crippen LogP contribution >= 0.6 is 23.2 Å². The van der Waals surface area contributed by atoms with Crippen LogP contribution in [0.5, 0.6) is 5.75 Å². The highest BCUT2D eigenvalue weighted by Gasteiger charge is 2.20. The Morgan fingerprint density at radius 3 is 2.50 bits per heavy atom. The van der Waals surface area contributed by atoms with Crippen LogP contribution in [-0.4, -0.2) is 20.1 Å². The number of allylic oxidation sites excluding steroid dienone is 1. The molecule has 7 nitrogen and oxygen atoms in total. The van der Waals surface area contributed by atoms with E-state index in [0.29, 0.717) is 43.8 Å². The molecule has 0 atom stereocenters. The molecule has 0 saturated carbocycles. The summed E-state index contributed by atoms with van der Waals surface area (Å²) in [5.74, 6) is 0.533. The van der Waals surface area contributed by atoms with Crippen molar-refractivity contribution in [2.45, 2.75) is 13.2 Å². The maximum Gasteiger partial charge on any atom is 0.281 e. The maximum absolute atomic E-state index is 13.5. The monoisotopic (exact) mass is 494 g/mol. The number of para-hydroxylation sites is 1. The molecule has 0 fully saturated rings. The van der Waals surface area contributed by atoms with Gasteiger partial charge < -0.3 is 9.30 Å². The average molecular weight is 495 g/mol. The Bertz CT molecular complexity index is 1530. The molecular weight excluding hydrogens is 475 g/mol. The smallest absolute Gasteiger partial charge is 0.281 e. The molecule has 0 spiro atoms. The normalized spacial score (nSPS) is 11.5. The quantitative estimate of drug-likeness (QED) is 0.344. The Kier molecular flexibility index (Phi) is 6.86. The first-order chi connectivity index (χ1) is 16.4. The summed E-state index contributed by atoms with van der Waals surface area (Å²) >= 11 is 12.3. The number of hydrogen-bond acceptors (Lipinski definition) is 4. The molecule has 0 unspecified atom stereocenters. The number of nitrogens with one attached hydrogen (secondary N) is 1. The lowest BCUT2D eigenvalue weighted by Gasteiger charge is -2.14. The molecule has 2 heterocycles. The maximum atomic E-state index is 13.5. The fourth-order valence-corrected chi connectivity index (χ4v) is 3.90. The van der Waals surface area contributed by atoms with Gasteiger partial charge in [-0.25, -0.2) is 4.68 Å². The van der Waals surface area contributed by atoms with Gasteiger partial charge in [0.15, 0.2) is 0 Å². The lowest BCUT2D eigenvalue weighted by Crippen LogP contribution is -2.28. The van der Waals surface area contributed by atoms with Crippen molar-refractivity contribution in [1.29, 1.82) is 0 Å². The number of halogens is 2. The topological polar surface area (TPSA) is 81.4 Å². The number of nitrogens with zero attached hydrogens (tertiary/aromatic N) is 3. The SMILES string of the molecule is C=CN=C(C=C)Cn1c(COc2ccc(Cl)cc2)c2c(=O)n(-c3ccccc3Cl)[nH]c2cc1=O. The van der Waals surface area contributed by atoms with E-state index in [1.54, 1.807) is 48.5 Å². The van der Waals surface area contributed by atoms with E-state index in [4.69, 9.17) is 27.9 Å². The molecule has 1 N–H and O–H groups in total. The van der Waals surface area contributed by atoms with E-state index < -0.39 is 0 Å². The van der Waals surface area contributed by atoms with E-state index in [2.05, 4.69) is 23.2 Å². The van der Waals surface area contributed by atoms with E-state index in [1.165, 1.54) is 27.6 Å². The third-order valence-corrected chi connectivity index (χ3v) is 5.73. The van der Waals surface area contributed by atoms with Gasteiger partial charge in [-0.15, -0.1) is 0 Å². The molecular formula is C25H20Cl2N4O3. The highest BCUT2D eigenvalue weighted by Crippen LogP contribution is 2.22. The number of benzene rings is 2. The van der Waals surface area contributed by atoms with Crippen LogP contribution in [0.15, 0.2) is 94.6 Å². The second-order valence-corrected chi connectivity index (χ2v) is 8.10. The molecule has 2 aromatic carbocycles. The van der Waals surface area contributed by atoms with Crippen LogP contribution in [0.25, 0.3) is 16.6 Å².